The molecule has 1 heterocycles. The number of aryl methyl sites for hydroxylation is 1. The van der Waals surface area contributed by atoms with Crippen LogP contribution in [0.25, 0.3) is 0 Å². The van der Waals surface area contributed by atoms with Gasteiger partial charge >= 0.3 is 0 Å². The number of unbranched alkanes of at least 4 members (excludes halogenated alkanes) is 7. The molecule has 0 bridgehead atoms. The van der Waals surface area contributed by atoms with E-state index in [0.29, 0.717) is 0 Å². The third kappa shape index (κ3) is 6.38. The number of aromatic nitrogens is 1. The van der Waals surface area contributed by atoms with E-state index in [1.54, 1.807) is 0 Å². The molecule has 0 fully saturated rings. The van der Waals surface area contributed by atoms with Crippen molar-refractivity contribution in [3.8, 4) is 0 Å². The van der Waals surface area contributed by atoms with Crippen molar-refractivity contribution < 1.29 is 0 Å². The van der Waals surface area contributed by atoms with Gasteiger partial charge in [0.1, 0.15) is 0 Å². The Morgan fingerprint density at radius 1 is 0.933 bits per heavy atom. The quantitative estimate of drug-likeness (QED) is 0.565. The summed E-state index contributed by atoms with van der Waals surface area (Å²) in [4.78, 5) is 3.10. The van der Waals surface area contributed by atoms with Gasteiger partial charge in [0.05, 0.1) is 0 Å². The van der Waals surface area contributed by atoms with Crippen LogP contribution < -0.4 is 0 Å². The first-order valence-electron chi connectivity index (χ1n) is 6.55. The van der Waals surface area contributed by atoms with Gasteiger partial charge in [-0.15, -0.1) is 0 Å². The van der Waals surface area contributed by atoms with Crippen LogP contribution in [0.3, 0.4) is 0 Å². The van der Waals surface area contributed by atoms with Crippen LogP contribution in [0.15, 0.2) is 18.5 Å². The number of aromatic amines is 1. The highest BCUT2D eigenvalue weighted by Gasteiger charge is 1.94. The SMILES string of the molecule is CCCCCCCCCCc1cc[nH]c1. The van der Waals surface area contributed by atoms with Gasteiger partial charge in [-0.2, -0.15) is 0 Å². The fourth-order valence-electron chi connectivity index (χ4n) is 1.98. The first-order valence-corrected chi connectivity index (χ1v) is 6.55. The minimum atomic E-state index is 1.25. The Kier molecular flexibility index (Phi) is 7.06. The average Bonchev–Trinajstić information content (AvgIpc) is 2.75. The highest BCUT2D eigenvalue weighted by Crippen LogP contribution is 2.10. The summed E-state index contributed by atoms with van der Waals surface area (Å²) in [6.45, 7) is 2.27. The van der Waals surface area contributed by atoms with E-state index < -0.39 is 0 Å². The normalized spacial score (nSPS) is 10.7. The number of nitrogens with one attached hydrogen (secondary N) is 1. The number of hydrogen-bond acceptors (Lipinski definition) is 0. The highest BCUT2D eigenvalue weighted by atomic mass is 14.6. The molecule has 0 saturated carbocycles. The van der Waals surface area contributed by atoms with Gasteiger partial charge in [0.25, 0.3) is 0 Å². The Labute approximate surface area is 94.3 Å². The number of H-pyrrole nitrogens is 1. The molecule has 0 amide bonds. The second kappa shape index (κ2) is 8.58. The predicted octanol–water partition coefficient (Wildman–Crippen LogP) is 4.70. The van der Waals surface area contributed by atoms with Crippen molar-refractivity contribution in [1.29, 1.82) is 0 Å². The van der Waals surface area contributed by atoms with Crippen LogP contribution in [0.4, 0.5) is 0 Å². The van der Waals surface area contributed by atoms with Gasteiger partial charge in [0.15, 0.2) is 0 Å². The molecule has 0 radical (unpaired) electrons. The predicted molar refractivity (Wildman–Crippen MR) is 67.1 cm³/mol. The molecule has 0 aliphatic rings. The van der Waals surface area contributed by atoms with Gasteiger partial charge < -0.3 is 4.98 Å². The monoisotopic (exact) mass is 207 g/mol. The Bertz CT molecular complexity index is 213. The summed E-state index contributed by atoms with van der Waals surface area (Å²) in [5.41, 5.74) is 1.46. The van der Waals surface area contributed by atoms with Crippen LogP contribution in [-0.2, 0) is 6.42 Å². The number of hydrogen-bond donors (Lipinski definition) is 1. The summed E-state index contributed by atoms with van der Waals surface area (Å²) in [5, 5.41) is 0. The molecular weight excluding hydrogens is 182 g/mol. The van der Waals surface area contributed by atoms with Crippen LogP contribution >= 0.6 is 0 Å². The number of rotatable bonds is 9. The molecule has 0 aromatic carbocycles. The maximum atomic E-state index is 3.10. The molecule has 15 heavy (non-hydrogen) atoms. The molecule has 1 rings (SSSR count). The molecule has 0 spiro atoms. The van der Waals surface area contributed by atoms with Crippen LogP contribution in [-0.4, -0.2) is 4.98 Å². The fourth-order valence-corrected chi connectivity index (χ4v) is 1.98. The van der Waals surface area contributed by atoms with Gasteiger partial charge in [-0.25, -0.2) is 0 Å². The standard InChI is InChI=1S/C14H25N/c1-2-3-4-5-6-7-8-9-10-14-11-12-15-13-14/h11-13,15H,2-10H2,1H3. The second-order valence-electron chi connectivity index (χ2n) is 4.44. The topological polar surface area (TPSA) is 15.8 Å². The van der Waals surface area contributed by atoms with Gasteiger partial charge in [0.2, 0.25) is 0 Å². The van der Waals surface area contributed by atoms with Crippen molar-refractivity contribution in [2.24, 2.45) is 0 Å². The van der Waals surface area contributed by atoms with Gasteiger partial charge in [-0.1, -0.05) is 51.9 Å². The highest BCUT2D eigenvalue weighted by molar-refractivity contribution is 5.07. The molecule has 1 aromatic rings. The molecule has 1 heteroatoms. The Balaban J connectivity index is 1.81. The van der Waals surface area contributed by atoms with Crippen LogP contribution in [0, 0.1) is 0 Å². The van der Waals surface area contributed by atoms with E-state index in [1.807, 2.05) is 6.20 Å². The smallest absolute Gasteiger partial charge is 0.00373 e. The van der Waals surface area contributed by atoms with E-state index in [2.05, 4.69) is 24.2 Å². The van der Waals surface area contributed by atoms with Crippen molar-refractivity contribution >= 4 is 0 Å². The molecule has 1 nitrogen and oxygen atoms in total. The molecule has 1 N–H and O–H groups in total. The summed E-state index contributed by atoms with van der Waals surface area (Å²) < 4.78 is 0. The van der Waals surface area contributed by atoms with Gasteiger partial charge in [-0.05, 0) is 24.5 Å². The Hall–Kier alpha value is -0.720. The van der Waals surface area contributed by atoms with Gasteiger partial charge in [0, 0.05) is 12.4 Å². The van der Waals surface area contributed by atoms with E-state index in [9.17, 15) is 0 Å². The zero-order chi connectivity index (χ0) is 10.8. The fraction of sp³-hybridized carbons (Fsp3) is 0.714. The van der Waals surface area contributed by atoms with Crippen molar-refractivity contribution in [3.05, 3.63) is 24.0 Å². The largest absolute Gasteiger partial charge is 0.367 e. The van der Waals surface area contributed by atoms with Crippen molar-refractivity contribution in [3.63, 3.8) is 0 Å². The Morgan fingerprint density at radius 2 is 1.60 bits per heavy atom. The first-order chi connectivity index (χ1) is 7.43. The summed E-state index contributed by atoms with van der Waals surface area (Å²) in [7, 11) is 0. The Morgan fingerprint density at radius 3 is 2.20 bits per heavy atom. The van der Waals surface area contributed by atoms with E-state index in [4.69, 9.17) is 0 Å². The third-order valence-corrected chi connectivity index (χ3v) is 2.98. The zero-order valence-electron chi connectivity index (χ0n) is 10.1. The van der Waals surface area contributed by atoms with Crippen molar-refractivity contribution in [1.82, 2.24) is 4.98 Å². The van der Waals surface area contributed by atoms with Crippen LogP contribution in [0.2, 0.25) is 0 Å². The van der Waals surface area contributed by atoms with E-state index >= 15 is 0 Å². The molecule has 86 valence electrons. The molecule has 0 atom stereocenters. The molecular formula is C14H25N. The lowest BCUT2D eigenvalue weighted by atomic mass is 10.1. The summed E-state index contributed by atoms with van der Waals surface area (Å²) in [6, 6.07) is 2.18. The summed E-state index contributed by atoms with van der Waals surface area (Å²) in [5.74, 6) is 0. The maximum Gasteiger partial charge on any atom is 0.00373 e. The maximum absolute atomic E-state index is 3.10. The summed E-state index contributed by atoms with van der Waals surface area (Å²) in [6.07, 6.45) is 16.6. The van der Waals surface area contributed by atoms with Crippen LogP contribution in [0.5, 0.6) is 0 Å². The molecule has 0 aliphatic heterocycles. The molecule has 1 aromatic heterocycles. The van der Waals surface area contributed by atoms with Crippen molar-refractivity contribution in [2.75, 3.05) is 0 Å². The van der Waals surface area contributed by atoms with E-state index in [-0.39, 0.29) is 0 Å². The van der Waals surface area contributed by atoms with Crippen LogP contribution in [0.1, 0.15) is 63.9 Å². The molecule has 0 saturated heterocycles. The lowest BCUT2D eigenvalue weighted by Gasteiger charge is -2.00. The molecule has 0 aliphatic carbocycles. The van der Waals surface area contributed by atoms with Crippen molar-refractivity contribution in [2.45, 2.75) is 64.7 Å². The van der Waals surface area contributed by atoms with Gasteiger partial charge in [-0.3, -0.25) is 0 Å². The summed E-state index contributed by atoms with van der Waals surface area (Å²) >= 11 is 0. The minimum Gasteiger partial charge on any atom is -0.367 e. The minimum absolute atomic E-state index is 1.25. The van der Waals surface area contributed by atoms with E-state index in [1.165, 1.54) is 63.4 Å². The van der Waals surface area contributed by atoms with E-state index in [0.717, 1.165) is 0 Å². The lowest BCUT2D eigenvalue weighted by Crippen LogP contribution is -1.84. The lowest BCUT2D eigenvalue weighted by molar-refractivity contribution is 0.575. The second-order valence-corrected chi connectivity index (χ2v) is 4.44. The average molecular weight is 207 g/mol. The first kappa shape index (κ1) is 12.4. The molecule has 0 unspecified atom stereocenters. The third-order valence-electron chi connectivity index (χ3n) is 2.98. The zero-order valence-corrected chi connectivity index (χ0v) is 10.1.